The highest BCUT2D eigenvalue weighted by Crippen LogP contribution is 2.35. The summed E-state index contributed by atoms with van der Waals surface area (Å²) in [6.07, 6.45) is 10.5. The number of allylic oxidation sites excluding steroid dienone is 3. The van der Waals surface area contributed by atoms with Crippen LogP contribution in [0.2, 0.25) is 0 Å². The first-order valence-electron chi connectivity index (χ1n) is 6.72. The number of hydrogen-bond donors (Lipinski definition) is 1. The molecule has 1 amide bonds. The maximum Gasteiger partial charge on any atom is 0.220 e. The van der Waals surface area contributed by atoms with Gasteiger partial charge in [0.05, 0.1) is 0 Å². The summed E-state index contributed by atoms with van der Waals surface area (Å²) >= 11 is 0. The first-order valence-corrected chi connectivity index (χ1v) is 6.72. The molecule has 0 radical (unpaired) electrons. The summed E-state index contributed by atoms with van der Waals surface area (Å²) < 4.78 is 0. The van der Waals surface area contributed by atoms with Crippen molar-refractivity contribution in [3.8, 4) is 0 Å². The normalized spacial score (nSPS) is 25.8. The van der Waals surface area contributed by atoms with Crippen LogP contribution in [0.15, 0.2) is 23.8 Å². The molecule has 1 saturated heterocycles. The Morgan fingerprint density at radius 3 is 2.59 bits per heavy atom. The van der Waals surface area contributed by atoms with E-state index in [0.717, 1.165) is 19.3 Å². The molecule has 1 unspecified atom stereocenters. The van der Waals surface area contributed by atoms with Gasteiger partial charge in [0.15, 0.2) is 0 Å². The third-order valence-corrected chi connectivity index (χ3v) is 3.46. The van der Waals surface area contributed by atoms with Gasteiger partial charge in [0.25, 0.3) is 0 Å². The molecule has 2 aliphatic rings. The molecule has 0 bridgehead atoms. The molecule has 0 saturated carbocycles. The molecule has 0 aromatic heterocycles. The van der Waals surface area contributed by atoms with Crippen LogP contribution in [0.5, 0.6) is 0 Å². The van der Waals surface area contributed by atoms with Gasteiger partial charge in [-0.2, -0.15) is 0 Å². The molecule has 1 N–H and O–H groups in total. The molecular weight excluding hydrogens is 210 g/mol. The van der Waals surface area contributed by atoms with Gasteiger partial charge in [-0.15, -0.1) is 0 Å². The minimum atomic E-state index is 0.110. The number of carbonyl (C=O) groups is 1. The van der Waals surface area contributed by atoms with Gasteiger partial charge in [0, 0.05) is 12.5 Å². The SMILES string of the molecule is CC.CC1(C)CC(=O)NC1CC1=CC=CCC1. The van der Waals surface area contributed by atoms with Gasteiger partial charge in [-0.1, -0.05) is 51.5 Å². The zero-order valence-electron chi connectivity index (χ0n) is 11.5. The zero-order valence-corrected chi connectivity index (χ0v) is 11.5. The van der Waals surface area contributed by atoms with Crippen LogP contribution >= 0.6 is 0 Å². The van der Waals surface area contributed by atoms with E-state index in [1.54, 1.807) is 0 Å². The Bertz CT molecular complexity index is 326. The number of amides is 1. The van der Waals surface area contributed by atoms with E-state index in [9.17, 15) is 4.79 Å². The summed E-state index contributed by atoms with van der Waals surface area (Å²) in [5.41, 5.74) is 1.58. The van der Waals surface area contributed by atoms with Crippen molar-refractivity contribution in [3.63, 3.8) is 0 Å². The lowest BCUT2D eigenvalue weighted by molar-refractivity contribution is -0.119. The fraction of sp³-hybridized carbons (Fsp3) is 0.667. The van der Waals surface area contributed by atoms with Crippen LogP contribution in [-0.4, -0.2) is 11.9 Å². The van der Waals surface area contributed by atoms with Crippen LogP contribution in [0.3, 0.4) is 0 Å². The molecule has 1 heterocycles. The highest BCUT2D eigenvalue weighted by molar-refractivity contribution is 5.79. The monoisotopic (exact) mass is 235 g/mol. The molecule has 1 fully saturated rings. The lowest BCUT2D eigenvalue weighted by atomic mass is 9.81. The molecule has 0 aromatic carbocycles. The van der Waals surface area contributed by atoms with Gasteiger partial charge in [-0.25, -0.2) is 0 Å². The second-order valence-electron chi connectivity index (χ2n) is 5.28. The summed E-state index contributed by atoms with van der Waals surface area (Å²) in [6.45, 7) is 8.35. The smallest absolute Gasteiger partial charge is 0.220 e. The lowest BCUT2D eigenvalue weighted by Gasteiger charge is -2.26. The number of carbonyl (C=O) groups excluding carboxylic acids is 1. The molecule has 0 aromatic rings. The summed E-state index contributed by atoms with van der Waals surface area (Å²) in [5, 5.41) is 3.09. The Balaban J connectivity index is 0.000000686. The van der Waals surface area contributed by atoms with Gasteiger partial charge in [0.2, 0.25) is 5.91 Å². The standard InChI is InChI=1S/C13H19NO.C2H6/c1-13(2)9-12(15)14-11(13)8-10-6-4-3-5-7-10;1-2/h3-4,6,11H,5,7-9H2,1-2H3,(H,14,15);1-2H3. The van der Waals surface area contributed by atoms with E-state index in [4.69, 9.17) is 0 Å². The summed E-state index contributed by atoms with van der Waals surface area (Å²) in [4.78, 5) is 11.4. The van der Waals surface area contributed by atoms with Gasteiger partial charge in [0.1, 0.15) is 0 Å². The van der Waals surface area contributed by atoms with Crippen molar-refractivity contribution in [3.05, 3.63) is 23.8 Å². The van der Waals surface area contributed by atoms with E-state index < -0.39 is 0 Å². The van der Waals surface area contributed by atoms with Crippen LogP contribution in [-0.2, 0) is 4.79 Å². The van der Waals surface area contributed by atoms with Crippen LogP contribution in [0, 0.1) is 5.41 Å². The van der Waals surface area contributed by atoms with Crippen molar-refractivity contribution >= 4 is 5.91 Å². The van der Waals surface area contributed by atoms with E-state index in [-0.39, 0.29) is 11.3 Å². The predicted octanol–water partition coefficient (Wildman–Crippen LogP) is 3.59. The highest BCUT2D eigenvalue weighted by Gasteiger charge is 2.39. The van der Waals surface area contributed by atoms with E-state index in [0.29, 0.717) is 12.5 Å². The molecule has 2 heteroatoms. The molecule has 0 spiro atoms. The van der Waals surface area contributed by atoms with Gasteiger partial charge in [-0.3, -0.25) is 4.79 Å². The van der Waals surface area contributed by atoms with Crippen LogP contribution in [0.1, 0.15) is 53.4 Å². The second kappa shape index (κ2) is 6.04. The van der Waals surface area contributed by atoms with Crippen molar-refractivity contribution in [2.45, 2.75) is 59.4 Å². The number of hydrogen-bond acceptors (Lipinski definition) is 1. The van der Waals surface area contributed by atoms with Crippen molar-refractivity contribution in [1.82, 2.24) is 5.32 Å². The predicted molar refractivity (Wildman–Crippen MR) is 72.8 cm³/mol. The minimum absolute atomic E-state index is 0.110. The Labute approximate surface area is 105 Å². The maximum absolute atomic E-state index is 11.4. The molecule has 96 valence electrons. The fourth-order valence-corrected chi connectivity index (χ4v) is 2.39. The second-order valence-corrected chi connectivity index (χ2v) is 5.28. The molecule has 1 aliphatic carbocycles. The minimum Gasteiger partial charge on any atom is -0.352 e. The van der Waals surface area contributed by atoms with E-state index in [1.165, 1.54) is 5.57 Å². The maximum atomic E-state index is 11.4. The average molecular weight is 235 g/mol. The molecule has 17 heavy (non-hydrogen) atoms. The molecule has 2 rings (SSSR count). The third-order valence-electron chi connectivity index (χ3n) is 3.46. The highest BCUT2D eigenvalue weighted by atomic mass is 16.2. The van der Waals surface area contributed by atoms with Crippen molar-refractivity contribution in [1.29, 1.82) is 0 Å². The van der Waals surface area contributed by atoms with Crippen LogP contribution < -0.4 is 5.32 Å². The fourth-order valence-electron chi connectivity index (χ4n) is 2.39. The topological polar surface area (TPSA) is 29.1 Å². The Morgan fingerprint density at radius 1 is 1.41 bits per heavy atom. The van der Waals surface area contributed by atoms with E-state index >= 15 is 0 Å². The first-order chi connectivity index (χ1) is 8.08. The van der Waals surface area contributed by atoms with E-state index in [2.05, 4.69) is 37.4 Å². The molecule has 1 atom stereocenters. The average Bonchev–Trinajstić information content (AvgIpc) is 2.56. The zero-order chi connectivity index (χ0) is 12.9. The Hall–Kier alpha value is -1.05. The van der Waals surface area contributed by atoms with E-state index in [1.807, 2.05) is 13.8 Å². The quantitative estimate of drug-likeness (QED) is 0.778. The van der Waals surface area contributed by atoms with Crippen LogP contribution in [0.25, 0.3) is 0 Å². The van der Waals surface area contributed by atoms with Gasteiger partial charge in [-0.05, 0) is 24.7 Å². The summed E-state index contributed by atoms with van der Waals surface area (Å²) in [7, 11) is 0. The Kier molecular flexibility index (Phi) is 4.98. The van der Waals surface area contributed by atoms with Crippen LogP contribution in [0.4, 0.5) is 0 Å². The van der Waals surface area contributed by atoms with Crippen molar-refractivity contribution in [2.75, 3.05) is 0 Å². The summed E-state index contributed by atoms with van der Waals surface area (Å²) in [6, 6.07) is 0.322. The van der Waals surface area contributed by atoms with Crippen molar-refractivity contribution in [2.24, 2.45) is 5.41 Å². The Morgan fingerprint density at radius 2 is 2.12 bits per heavy atom. The molecule has 2 nitrogen and oxygen atoms in total. The number of nitrogens with one attached hydrogen (secondary N) is 1. The summed E-state index contributed by atoms with van der Waals surface area (Å²) in [5.74, 6) is 0.206. The van der Waals surface area contributed by atoms with Crippen molar-refractivity contribution < 1.29 is 4.79 Å². The molecule has 1 aliphatic heterocycles. The first kappa shape index (κ1) is 14.0. The molecular formula is C15H25NO. The number of rotatable bonds is 2. The largest absolute Gasteiger partial charge is 0.352 e. The van der Waals surface area contributed by atoms with Gasteiger partial charge < -0.3 is 5.32 Å². The van der Waals surface area contributed by atoms with Gasteiger partial charge >= 0.3 is 0 Å². The lowest BCUT2D eigenvalue weighted by Crippen LogP contribution is -2.33. The third kappa shape index (κ3) is 3.72.